The van der Waals surface area contributed by atoms with E-state index < -0.39 is 0 Å². The van der Waals surface area contributed by atoms with Crippen LogP contribution in [0.15, 0.2) is 12.1 Å². The van der Waals surface area contributed by atoms with Crippen molar-refractivity contribution in [3.8, 4) is 5.82 Å². The molecule has 0 aliphatic carbocycles. The van der Waals surface area contributed by atoms with Gasteiger partial charge >= 0.3 is 0 Å². The van der Waals surface area contributed by atoms with Gasteiger partial charge in [0.1, 0.15) is 0 Å². The normalized spacial score (nSPS) is 10.8. The summed E-state index contributed by atoms with van der Waals surface area (Å²) in [6, 6.07) is 4.12. The Hall–Kier alpha value is -1.91. The molecule has 0 amide bonds. The molecule has 0 unspecified atom stereocenters. The summed E-state index contributed by atoms with van der Waals surface area (Å²) in [5.74, 6) is 1.52. The lowest BCUT2D eigenvalue weighted by Gasteiger charge is -2.09. The number of hydrogen-bond acceptors (Lipinski definition) is 4. The van der Waals surface area contributed by atoms with Gasteiger partial charge in [0.05, 0.1) is 5.69 Å². The van der Waals surface area contributed by atoms with Crippen LogP contribution in [0.25, 0.3) is 5.82 Å². The summed E-state index contributed by atoms with van der Waals surface area (Å²) >= 11 is 0. The zero-order chi connectivity index (χ0) is 14.5. The van der Waals surface area contributed by atoms with Gasteiger partial charge < -0.3 is 5.32 Å². The fourth-order valence-electron chi connectivity index (χ4n) is 2.07. The first-order valence-electron chi connectivity index (χ1n) is 7.35. The predicted octanol–water partition coefficient (Wildman–Crippen LogP) is 2.92. The Kier molecular flexibility index (Phi) is 4.71. The smallest absolute Gasteiger partial charge is 0.224 e. The maximum Gasteiger partial charge on any atom is 0.224 e. The van der Waals surface area contributed by atoms with E-state index in [1.807, 2.05) is 17.7 Å². The van der Waals surface area contributed by atoms with Crippen LogP contribution in [-0.4, -0.2) is 26.3 Å². The summed E-state index contributed by atoms with van der Waals surface area (Å²) in [6.07, 6.45) is 2.92. The van der Waals surface area contributed by atoms with Crippen molar-refractivity contribution in [2.45, 2.75) is 47.0 Å². The second kappa shape index (κ2) is 6.50. The average Bonchev–Trinajstić information content (AvgIpc) is 2.88. The van der Waals surface area contributed by atoms with Gasteiger partial charge in [-0.1, -0.05) is 20.8 Å². The summed E-state index contributed by atoms with van der Waals surface area (Å²) in [6.45, 7) is 9.24. The van der Waals surface area contributed by atoms with Gasteiger partial charge in [-0.15, -0.1) is 0 Å². The molecule has 0 atom stereocenters. The van der Waals surface area contributed by atoms with E-state index in [0.29, 0.717) is 5.95 Å². The van der Waals surface area contributed by atoms with Gasteiger partial charge in [0.15, 0.2) is 5.82 Å². The number of anilines is 1. The first-order valence-corrected chi connectivity index (χ1v) is 7.35. The Morgan fingerprint density at radius 3 is 2.55 bits per heavy atom. The molecule has 5 heteroatoms. The summed E-state index contributed by atoms with van der Waals surface area (Å²) in [5.41, 5.74) is 3.23. The van der Waals surface area contributed by atoms with E-state index in [0.717, 1.165) is 43.0 Å². The third kappa shape index (κ3) is 3.15. The van der Waals surface area contributed by atoms with Gasteiger partial charge in [0.2, 0.25) is 5.95 Å². The molecule has 0 saturated carbocycles. The zero-order valence-corrected chi connectivity index (χ0v) is 12.8. The molecular weight excluding hydrogens is 250 g/mol. The molecule has 0 bridgehead atoms. The molecule has 2 aromatic heterocycles. The number of nitrogens with zero attached hydrogens (tertiary/aromatic N) is 4. The van der Waals surface area contributed by atoms with Crippen LogP contribution in [0.3, 0.4) is 0 Å². The molecule has 0 fully saturated rings. The van der Waals surface area contributed by atoms with Crippen molar-refractivity contribution < 1.29 is 0 Å². The number of aromatic nitrogens is 4. The molecule has 0 aromatic carbocycles. The van der Waals surface area contributed by atoms with E-state index in [2.05, 4.69) is 47.2 Å². The van der Waals surface area contributed by atoms with Crippen LogP contribution >= 0.6 is 0 Å². The predicted molar refractivity (Wildman–Crippen MR) is 81.4 cm³/mol. The molecule has 5 nitrogen and oxygen atoms in total. The van der Waals surface area contributed by atoms with E-state index in [9.17, 15) is 0 Å². The largest absolute Gasteiger partial charge is 0.354 e. The van der Waals surface area contributed by atoms with Crippen molar-refractivity contribution in [2.24, 2.45) is 0 Å². The highest BCUT2D eigenvalue weighted by molar-refractivity contribution is 5.36. The Balaban J connectivity index is 2.40. The summed E-state index contributed by atoms with van der Waals surface area (Å²) in [5, 5.41) is 7.87. The first-order chi connectivity index (χ1) is 9.67. The standard InChI is InChI=1S/C15H23N5/c1-5-8-16-15-17-11(4)9-14(18-15)20-13(7-3)10-12(6-2)19-20/h9-10H,5-8H2,1-4H3,(H,16,17,18). The Morgan fingerprint density at radius 2 is 1.90 bits per heavy atom. The highest BCUT2D eigenvalue weighted by Crippen LogP contribution is 2.14. The lowest BCUT2D eigenvalue weighted by Crippen LogP contribution is -2.10. The van der Waals surface area contributed by atoms with Crippen LogP contribution in [0, 0.1) is 6.92 Å². The summed E-state index contributed by atoms with van der Waals surface area (Å²) in [4.78, 5) is 8.99. The SMILES string of the molecule is CCCNc1nc(C)cc(-n2nc(CC)cc2CC)n1. The quantitative estimate of drug-likeness (QED) is 0.879. The fraction of sp³-hybridized carbons (Fsp3) is 0.533. The van der Waals surface area contributed by atoms with Gasteiger partial charge in [-0.25, -0.2) is 9.67 Å². The Morgan fingerprint density at radius 1 is 1.10 bits per heavy atom. The lowest BCUT2D eigenvalue weighted by atomic mass is 10.2. The van der Waals surface area contributed by atoms with Crippen molar-refractivity contribution >= 4 is 5.95 Å². The second-order valence-electron chi connectivity index (χ2n) is 4.86. The van der Waals surface area contributed by atoms with Crippen molar-refractivity contribution in [3.05, 3.63) is 29.2 Å². The van der Waals surface area contributed by atoms with Gasteiger partial charge in [-0.05, 0) is 32.3 Å². The van der Waals surface area contributed by atoms with E-state index >= 15 is 0 Å². The van der Waals surface area contributed by atoms with Gasteiger partial charge in [-0.2, -0.15) is 10.1 Å². The maximum absolute atomic E-state index is 4.63. The minimum absolute atomic E-state index is 0.678. The maximum atomic E-state index is 4.63. The van der Waals surface area contributed by atoms with E-state index in [4.69, 9.17) is 0 Å². The van der Waals surface area contributed by atoms with Crippen molar-refractivity contribution in [2.75, 3.05) is 11.9 Å². The molecule has 108 valence electrons. The molecule has 0 spiro atoms. The minimum atomic E-state index is 0.678. The first kappa shape index (κ1) is 14.5. The molecule has 0 saturated heterocycles. The van der Waals surface area contributed by atoms with Crippen molar-refractivity contribution in [3.63, 3.8) is 0 Å². The van der Waals surface area contributed by atoms with E-state index in [-0.39, 0.29) is 0 Å². The van der Waals surface area contributed by atoms with Crippen LogP contribution in [0.4, 0.5) is 5.95 Å². The molecule has 0 aliphatic rings. The average molecular weight is 273 g/mol. The molecule has 0 aliphatic heterocycles. The monoisotopic (exact) mass is 273 g/mol. The summed E-state index contributed by atoms with van der Waals surface area (Å²) in [7, 11) is 0. The number of hydrogen-bond donors (Lipinski definition) is 1. The Labute approximate surface area is 120 Å². The number of aryl methyl sites for hydroxylation is 3. The van der Waals surface area contributed by atoms with Gasteiger partial charge in [-0.3, -0.25) is 0 Å². The molecule has 1 N–H and O–H groups in total. The lowest BCUT2D eigenvalue weighted by molar-refractivity contribution is 0.766. The number of nitrogens with one attached hydrogen (secondary N) is 1. The van der Waals surface area contributed by atoms with Crippen LogP contribution in [0.5, 0.6) is 0 Å². The summed E-state index contributed by atoms with van der Waals surface area (Å²) < 4.78 is 1.94. The molecule has 0 radical (unpaired) electrons. The molecule has 2 aromatic rings. The van der Waals surface area contributed by atoms with Crippen LogP contribution in [0.2, 0.25) is 0 Å². The molecule has 2 heterocycles. The van der Waals surface area contributed by atoms with Crippen molar-refractivity contribution in [1.82, 2.24) is 19.7 Å². The van der Waals surface area contributed by atoms with Crippen LogP contribution in [-0.2, 0) is 12.8 Å². The van der Waals surface area contributed by atoms with E-state index in [1.165, 1.54) is 5.69 Å². The second-order valence-corrected chi connectivity index (χ2v) is 4.86. The third-order valence-electron chi connectivity index (χ3n) is 3.15. The van der Waals surface area contributed by atoms with Crippen LogP contribution < -0.4 is 5.32 Å². The minimum Gasteiger partial charge on any atom is -0.354 e. The highest BCUT2D eigenvalue weighted by Gasteiger charge is 2.10. The van der Waals surface area contributed by atoms with Crippen LogP contribution in [0.1, 0.15) is 44.3 Å². The Bertz CT molecular complexity index is 574. The molecule has 2 rings (SSSR count). The molecule has 20 heavy (non-hydrogen) atoms. The van der Waals surface area contributed by atoms with Crippen molar-refractivity contribution in [1.29, 1.82) is 0 Å². The van der Waals surface area contributed by atoms with E-state index in [1.54, 1.807) is 0 Å². The number of rotatable bonds is 6. The topological polar surface area (TPSA) is 55.6 Å². The zero-order valence-electron chi connectivity index (χ0n) is 12.8. The van der Waals surface area contributed by atoms with Gasteiger partial charge in [0, 0.05) is 24.0 Å². The third-order valence-corrected chi connectivity index (χ3v) is 3.15. The fourth-order valence-corrected chi connectivity index (χ4v) is 2.07. The highest BCUT2D eigenvalue weighted by atomic mass is 15.3. The van der Waals surface area contributed by atoms with Gasteiger partial charge in [0.25, 0.3) is 0 Å². The molecular formula is C15H23N5.